The van der Waals surface area contributed by atoms with Gasteiger partial charge in [0.25, 0.3) is 0 Å². The highest BCUT2D eigenvalue weighted by Gasteiger charge is 2.25. The first-order valence-corrected chi connectivity index (χ1v) is 12.7. The number of aryl methyl sites for hydroxylation is 1. The molecule has 0 saturated carbocycles. The molecular weight excluding hydrogens is 468 g/mol. The van der Waals surface area contributed by atoms with Crippen LogP contribution in [0.3, 0.4) is 0 Å². The van der Waals surface area contributed by atoms with E-state index in [0.29, 0.717) is 36.3 Å². The summed E-state index contributed by atoms with van der Waals surface area (Å²) in [5, 5.41) is 0. The molecule has 0 spiro atoms. The average Bonchev–Trinajstić information content (AvgIpc) is 3.44. The Labute approximate surface area is 216 Å². The number of rotatable bonds is 10. The molecular formula is C29H32N4O4. The largest absolute Gasteiger partial charge is 0.487 e. The van der Waals surface area contributed by atoms with E-state index in [-0.39, 0.29) is 12.6 Å². The number of imidazole rings is 1. The number of carbonyl (C=O) groups is 1. The minimum absolute atomic E-state index is 0.248. The first-order valence-electron chi connectivity index (χ1n) is 12.7. The lowest BCUT2D eigenvalue weighted by molar-refractivity contribution is 0.00124. The number of benzene rings is 2. The van der Waals surface area contributed by atoms with Gasteiger partial charge in [0.05, 0.1) is 24.0 Å². The van der Waals surface area contributed by atoms with Crippen LogP contribution in [0.15, 0.2) is 73.2 Å². The molecule has 1 fully saturated rings. The Bertz CT molecular complexity index is 1290. The van der Waals surface area contributed by atoms with Gasteiger partial charge in [0.2, 0.25) is 5.88 Å². The van der Waals surface area contributed by atoms with Gasteiger partial charge in [0.1, 0.15) is 24.0 Å². The van der Waals surface area contributed by atoms with E-state index in [9.17, 15) is 4.79 Å². The molecule has 0 bridgehead atoms. The number of ether oxygens (including phenoxy) is 3. The molecule has 0 amide bonds. The highest BCUT2D eigenvalue weighted by Crippen LogP contribution is 2.26. The van der Waals surface area contributed by atoms with Gasteiger partial charge in [0.15, 0.2) is 0 Å². The molecule has 192 valence electrons. The minimum Gasteiger partial charge on any atom is -0.487 e. The SMILES string of the molecule is Cc1ccc(OCC(CN2CCC(COc3ccccn3)CC2)OC(=O)c2ccccc2)c2[nH]cnc12. The Morgan fingerprint density at radius 3 is 2.62 bits per heavy atom. The zero-order valence-electron chi connectivity index (χ0n) is 21.0. The molecule has 5 rings (SSSR count). The van der Waals surface area contributed by atoms with Crippen LogP contribution in [0, 0.1) is 12.8 Å². The van der Waals surface area contributed by atoms with Crippen molar-refractivity contribution in [2.75, 3.05) is 32.8 Å². The van der Waals surface area contributed by atoms with Crippen molar-refractivity contribution in [3.05, 3.63) is 84.3 Å². The number of nitrogens with zero attached hydrogens (tertiary/aromatic N) is 3. The van der Waals surface area contributed by atoms with Crippen molar-refractivity contribution in [3.63, 3.8) is 0 Å². The lowest BCUT2D eigenvalue weighted by Gasteiger charge is -2.33. The summed E-state index contributed by atoms with van der Waals surface area (Å²) in [5.41, 5.74) is 3.34. The van der Waals surface area contributed by atoms with Gasteiger partial charge in [-0.2, -0.15) is 0 Å². The number of fused-ring (bicyclic) bond motifs is 1. The number of piperidine rings is 1. The van der Waals surface area contributed by atoms with Crippen LogP contribution in [-0.4, -0.2) is 64.8 Å². The number of aromatic amines is 1. The number of likely N-dealkylation sites (tertiary alicyclic amines) is 1. The number of aromatic nitrogens is 3. The van der Waals surface area contributed by atoms with E-state index in [1.165, 1.54) is 0 Å². The van der Waals surface area contributed by atoms with Crippen LogP contribution >= 0.6 is 0 Å². The Morgan fingerprint density at radius 1 is 1.03 bits per heavy atom. The molecule has 1 saturated heterocycles. The molecule has 1 atom stereocenters. The van der Waals surface area contributed by atoms with Gasteiger partial charge in [-0.15, -0.1) is 0 Å². The monoisotopic (exact) mass is 500 g/mol. The summed E-state index contributed by atoms with van der Waals surface area (Å²) in [4.78, 5) is 27.0. The van der Waals surface area contributed by atoms with Crippen molar-refractivity contribution in [1.82, 2.24) is 19.9 Å². The average molecular weight is 501 g/mol. The predicted molar refractivity (Wildman–Crippen MR) is 141 cm³/mol. The summed E-state index contributed by atoms with van der Waals surface area (Å²) >= 11 is 0. The van der Waals surface area contributed by atoms with Gasteiger partial charge in [-0.05, 0) is 68.6 Å². The quantitative estimate of drug-likeness (QED) is 0.317. The fourth-order valence-corrected chi connectivity index (χ4v) is 4.62. The van der Waals surface area contributed by atoms with Gasteiger partial charge in [0, 0.05) is 18.8 Å². The molecule has 1 aliphatic heterocycles. The lowest BCUT2D eigenvalue weighted by atomic mass is 9.97. The summed E-state index contributed by atoms with van der Waals surface area (Å²) in [6.45, 7) is 5.34. The Balaban J connectivity index is 1.20. The first kappa shape index (κ1) is 24.8. The van der Waals surface area contributed by atoms with Crippen LogP contribution in [0.4, 0.5) is 0 Å². The van der Waals surface area contributed by atoms with Gasteiger partial charge in [-0.1, -0.05) is 30.3 Å². The van der Waals surface area contributed by atoms with Gasteiger partial charge in [-0.3, -0.25) is 4.90 Å². The Morgan fingerprint density at radius 2 is 1.84 bits per heavy atom. The molecule has 3 heterocycles. The molecule has 1 unspecified atom stereocenters. The number of nitrogens with one attached hydrogen (secondary N) is 1. The summed E-state index contributed by atoms with van der Waals surface area (Å²) in [7, 11) is 0. The number of hydrogen-bond donors (Lipinski definition) is 1. The third-order valence-corrected chi connectivity index (χ3v) is 6.73. The summed E-state index contributed by atoms with van der Waals surface area (Å²) < 4.78 is 18.0. The maximum absolute atomic E-state index is 12.9. The van der Waals surface area contributed by atoms with E-state index in [4.69, 9.17) is 14.2 Å². The summed E-state index contributed by atoms with van der Waals surface area (Å²) in [6.07, 6.45) is 5.01. The fourth-order valence-electron chi connectivity index (χ4n) is 4.62. The smallest absolute Gasteiger partial charge is 0.338 e. The zero-order valence-corrected chi connectivity index (χ0v) is 21.0. The third kappa shape index (κ3) is 6.46. The van der Waals surface area contributed by atoms with E-state index in [1.54, 1.807) is 24.7 Å². The molecule has 1 N–H and O–H groups in total. The zero-order chi connectivity index (χ0) is 25.5. The molecule has 4 aromatic rings. The highest BCUT2D eigenvalue weighted by molar-refractivity contribution is 5.89. The number of carbonyl (C=O) groups excluding carboxylic acids is 1. The van der Waals surface area contributed by atoms with Crippen molar-refractivity contribution in [3.8, 4) is 11.6 Å². The number of esters is 1. The molecule has 37 heavy (non-hydrogen) atoms. The number of hydrogen-bond acceptors (Lipinski definition) is 7. The van der Waals surface area contributed by atoms with E-state index in [2.05, 4.69) is 19.9 Å². The normalized spacial score (nSPS) is 15.4. The molecule has 8 heteroatoms. The third-order valence-electron chi connectivity index (χ3n) is 6.73. The van der Waals surface area contributed by atoms with E-state index in [0.717, 1.165) is 42.5 Å². The Hall–Kier alpha value is -3.91. The van der Waals surface area contributed by atoms with Crippen molar-refractivity contribution in [1.29, 1.82) is 0 Å². The Kier molecular flexibility index (Phi) is 7.96. The molecule has 1 aliphatic rings. The number of H-pyrrole nitrogens is 1. The first-order chi connectivity index (χ1) is 18.2. The maximum Gasteiger partial charge on any atom is 0.338 e. The van der Waals surface area contributed by atoms with E-state index < -0.39 is 6.10 Å². The van der Waals surface area contributed by atoms with Crippen LogP contribution < -0.4 is 9.47 Å². The standard InChI is InChI=1S/C29H32N4O4/c1-21-10-11-25(28-27(21)31-20-32-28)35-19-24(37-29(34)23-7-3-2-4-8-23)17-33-15-12-22(13-16-33)18-36-26-9-5-6-14-30-26/h2-11,14,20,22,24H,12-13,15-19H2,1H3,(H,31,32). The minimum atomic E-state index is -0.423. The molecule has 0 aliphatic carbocycles. The van der Waals surface area contributed by atoms with Crippen molar-refractivity contribution in [2.45, 2.75) is 25.9 Å². The van der Waals surface area contributed by atoms with Crippen LogP contribution in [0.2, 0.25) is 0 Å². The fraction of sp³-hybridized carbons (Fsp3) is 0.345. The molecule has 8 nitrogen and oxygen atoms in total. The molecule has 0 radical (unpaired) electrons. The van der Waals surface area contributed by atoms with Crippen LogP contribution in [0.1, 0.15) is 28.8 Å². The van der Waals surface area contributed by atoms with Crippen molar-refractivity contribution >= 4 is 17.0 Å². The number of pyridine rings is 1. The molecule has 2 aromatic carbocycles. The van der Waals surface area contributed by atoms with Crippen LogP contribution in [0.5, 0.6) is 11.6 Å². The summed E-state index contributed by atoms with van der Waals surface area (Å²) in [5.74, 6) is 1.49. The van der Waals surface area contributed by atoms with Crippen LogP contribution in [-0.2, 0) is 4.74 Å². The van der Waals surface area contributed by atoms with Crippen molar-refractivity contribution in [2.24, 2.45) is 5.92 Å². The summed E-state index contributed by atoms with van der Waals surface area (Å²) in [6, 6.07) is 18.7. The van der Waals surface area contributed by atoms with Crippen LogP contribution in [0.25, 0.3) is 11.0 Å². The van der Waals surface area contributed by atoms with E-state index >= 15 is 0 Å². The second-order valence-electron chi connectivity index (χ2n) is 9.43. The van der Waals surface area contributed by atoms with Gasteiger partial charge < -0.3 is 19.2 Å². The highest BCUT2D eigenvalue weighted by atomic mass is 16.6. The second kappa shape index (κ2) is 11.9. The van der Waals surface area contributed by atoms with E-state index in [1.807, 2.05) is 55.5 Å². The van der Waals surface area contributed by atoms with Crippen molar-refractivity contribution < 1.29 is 19.0 Å². The predicted octanol–water partition coefficient (Wildman–Crippen LogP) is 4.66. The molecule has 2 aromatic heterocycles. The topological polar surface area (TPSA) is 89.6 Å². The second-order valence-corrected chi connectivity index (χ2v) is 9.43. The lowest BCUT2D eigenvalue weighted by Crippen LogP contribution is -2.43. The maximum atomic E-state index is 12.9. The van der Waals surface area contributed by atoms with Gasteiger partial charge >= 0.3 is 5.97 Å². The van der Waals surface area contributed by atoms with Gasteiger partial charge in [-0.25, -0.2) is 14.8 Å².